The van der Waals surface area contributed by atoms with Crippen LogP contribution in [0.15, 0.2) is 51.7 Å². The number of nitrogens with one attached hydrogen (secondary N) is 1. The molecule has 3 aromatic rings. The molecule has 1 atom stereocenters. The van der Waals surface area contributed by atoms with Crippen molar-refractivity contribution in [3.05, 3.63) is 58.6 Å². The number of aryl methyl sites for hydroxylation is 1. The van der Waals surface area contributed by atoms with Crippen molar-refractivity contribution >= 4 is 17.2 Å². The highest BCUT2D eigenvalue weighted by atomic mass is 32.1. The Kier molecular flexibility index (Phi) is 7.12. The fourth-order valence-corrected chi connectivity index (χ4v) is 3.19. The molecule has 0 saturated carbocycles. The first kappa shape index (κ1) is 19.3. The third-order valence-corrected chi connectivity index (χ3v) is 4.78. The summed E-state index contributed by atoms with van der Waals surface area (Å²) in [5, 5.41) is 10.8. The summed E-state index contributed by atoms with van der Waals surface area (Å²) in [5.74, 6) is 1.02. The van der Waals surface area contributed by atoms with Gasteiger partial charge >= 0.3 is 0 Å². The number of benzene rings is 1. The Hall–Kier alpha value is -2.51. The van der Waals surface area contributed by atoms with Crippen LogP contribution >= 0.6 is 11.3 Å². The Balaban J connectivity index is 1.29. The van der Waals surface area contributed by atoms with E-state index < -0.39 is 0 Å². The maximum Gasteiger partial charge on any atom is 0.227 e. The van der Waals surface area contributed by atoms with Gasteiger partial charge in [-0.15, -0.1) is 0 Å². The van der Waals surface area contributed by atoms with Gasteiger partial charge < -0.3 is 14.6 Å². The highest BCUT2D eigenvalue weighted by Gasteiger charge is 2.11. The molecule has 2 heterocycles. The molecule has 0 radical (unpaired) electrons. The number of aromatic nitrogens is 2. The molecule has 1 N–H and O–H groups in total. The molecule has 0 bridgehead atoms. The number of rotatable bonds is 10. The molecular weight excluding hydrogens is 362 g/mol. The largest absolute Gasteiger partial charge is 0.374 e. The molecule has 2 aromatic heterocycles. The van der Waals surface area contributed by atoms with Gasteiger partial charge in [-0.05, 0) is 30.4 Å². The first-order valence-electron chi connectivity index (χ1n) is 9.01. The minimum absolute atomic E-state index is 0.0265. The Bertz CT molecular complexity index is 818. The minimum Gasteiger partial charge on any atom is -0.374 e. The molecule has 0 saturated heterocycles. The zero-order valence-electron chi connectivity index (χ0n) is 15.3. The fraction of sp³-hybridized carbons (Fsp3) is 0.350. The average Bonchev–Trinajstić information content (AvgIpc) is 3.38. The van der Waals surface area contributed by atoms with Crippen LogP contribution < -0.4 is 5.32 Å². The summed E-state index contributed by atoms with van der Waals surface area (Å²) in [6, 6.07) is 12.0. The molecule has 0 aliphatic carbocycles. The van der Waals surface area contributed by atoms with E-state index in [0.29, 0.717) is 37.7 Å². The summed E-state index contributed by atoms with van der Waals surface area (Å²) in [7, 11) is 0. The van der Waals surface area contributed by atoms with Crippen molar-refractivity contribution in [1.82, 2.24) is 15.5 Å². The third-order valence-electron chi connectivity index (χ3n) is 4.09. The van der Waals surface area contributed by atoms with Crippen LogP contribution in [-0.4, -0.2) is 29.2 Å². The summed E-state index contributed by atoms with van der Waals surface area (Å²) in [6.45, 7) is 3.22. The predicted octanol–water partition coefficient (Wildman–Crippen LogP) is 4.01. The molecule has 0 aliphatic rings. The number of ether oxygens (including phenoxy) is 1. The number of nitrogens with zero attached hydrogens (tertiary/aromatic N) is 2. The second-order valence-electron chi connectivity index (χ2n) is 6.15. The zero-order valence-corrected chi connectivity index (χ0v) is 16.1. The number of amides is 1. The monoisotopic (exact) mass is 385 g/mol. The van der Waals surface area contributed by atoms with Crippen molar-refractivity contribution in [3.63, 3.8) is 0 Å². The molecule has 1 unspecified atom stereocenters. The van der Waals surface area contributed by atoms with Crippen LogP contribution in [0.3, 0.4) is 0 Å². The highest BCUT2D eigenvalue weighted by molar-refractivity contribution is 7.08. The van der Waals surface area contributed by atoms with E-state index in [1.807, 2.05) is 54.1 Å². The van der Waals surface area contributed by atoms with Gasteiger partial charge in [-0.2, -0.15) is 16.3 Å². The lowest BCUT2D eigenvalue weighted by atomic mass is 10.1. The fourth-order valence-electron chi connectivity index (χ4n) is 2.55. The van der Waals surface area contributed by atoms with Crippen molar-refractivity contribution in [2.45, 2.75) is 32.3 Å². The zero-order chi connectivity index (χ0) is 18.9. The van der Waals surface area contributed by atoms with E-state index in [2.05, 4.69) is 15.5 Å². The van der Waals surface area contributed by atoms with Crippen LogP contribution in [0.4, 0.5) is 0 Å². The summed E-state index contributed by atoms with van der Waals surface area (Å²) in [4.78, 5) is 16.2. The lowest BCUT2D eigenvalue weighted by Crippen LogP contribution is -2.25. The number of carbonyl (C=O) groups excluding carboxylic acids is 1. The minimum atomic E-state index is -0.0265. The summed E-state index contributed by atoms with van der Waals surface area (Å²) >= 11 is 1.58. The van der Waals surface area contributed by atoms with Gasteiger partial charge in [0.25, 0.3) is 0 Å². The van der Waals surface area contributed by atoms with Gasteiger partial charge in [0.2, 0.25) is 17.6 Å². The first-order valence-corrected chi connectivity index (χ1v) is 9.95. The number of thiophene rings is 1. The number of hydrogen-bond acceptors (Lipinski definition) is 6. The molecule has 0 aliphatic heterocycles. The summed E-state index contributed by atoms with van der Waals surface area (Å²) in [5.41, 5.74) is 2.09. The lowest BCUT2D eigenvalue weighted by Gasteiger charge is -2.13. The maximum absolute atomic E-state index is 11.9. The quantitative estimate of drug-likeness (QED) is 0.534. The van der Waals surface area contributed by atoms with Gasteiger partial charge in [0, 0.05) is 36.9 Å². The third kappa shape index (κ3) is 6.01. The van der Waals surface area contributed by atoms with Crippen LogP contribution in [0.2, 0.25) is 0 Å². The number of carbonyl (C=O) groups is 1. The van der Waals surface area contributed by atoms with Gasteiger partial charge in [0.15, 0.2) is 0 Å². The van der Waals surface area contributed by atoms with E-state index >= 15 is 0 Å². The first-order chi connectivity index (χ1) is 13.2. The Morgan fingerprint density at radius 3 is 2.93 bits per heavy atom. The van der Waals surface area contributed by atoms with Crippen LogP contribution in [0.5, 0.6) is 0 Å². The molecule has 3 rings (SSSR count). The standard InChI is InChI=1S/C20H23N3O3S/c1-15(16-6-3-2-4-7-16)25-12-5-11-21-18(24)8-9-19-22-20(23-26-19)17-10-13-27-14-17/h2-4,6-7,10,13-15H,5,8-9,11-12H2,1H3,(H,21,24). The second-order valence-corrected chi connectivity index (χ2v) is 6.93. The molecule has 0 fully saturated rings. The Morgan fingerprint density at radius 1 is 1.30 bits per heavy atom. The van der Waals surface area contributed by atoms with Gasteiger partial charge in [-0.1, -0.05) is 35.5 Å². The molecule has 142 valence electrons. The molecule has 0 spiro atoms. The van der Waals surface area contributed by atoms with E-state index in [0.717, 1.165) is 17.5 Å². The lowest BCUT2D eigenvalue weighted by molar-refractivity contribution is -0.121. The predicted molar refractivity (Wildman–Crippen MR) is 104 cm³/mol. The molecule has 1 amide bonds. The summed E-state index contributed by atoms with van der Waals surface area (Å²) in [6.07, 6.45) is 1.58. The van der Waals surface area contributed by atoms with E-state index in [1.54, 1.807) is 11.3 Å². The summed E-state index contributed by atoms with van der Waals surface area (Å²) < 4.78 is 11.0. The maximum atomic E-state index is 11.9. The van der Waals surface area contributed by atoms with Crippen LogP contribution in [0.1, 0.15) is 37.3 Å². The molecular formula is C20H23N3O3S. The smallest absolute Gasteiger partial charge is 0.227 e. The molecule has 27 heavy (non-hydrogen) atoms. The Morgan fingerprint density at radius 2 is 2.15 bits per heavy atom. The van der Waals surface area contributed by atoms with Crippen molar-refractivity contribution in [2.24, 2.45) is 0 Å². The van der Waals surface area contributed by atoms with Crippen molar-refractivity contribution in [1.29, 1.82) is 0 Å². The normalized spacial score (nSPS) is 12.0. The van der Waals surface area contributed by atoms with E-state index in [-0.39, 0.29) is 12.0 Å². The Labute approximate surface area is 162 Å². The van der Waals surface area contributed by atoms with Crippen molar-refractivity contribution in [2.75, 3.05) is 13.2 Å². The van der Waals surface area contributed by atoms with Gasteiger partial charge in [0.1, 0.15) is 0 Å². The molecule has 7 heteroatoms. The number of hydrogen-bond donors (Lipinski definition) is 1. The molecule has 1 aromatic carbocycles. The van der Waals surface area contributed by atoms with Crippen LogP contribution in [0.25, 0.3) is 11.4 Å². The van der Waals surface area contributed by atoms with E-state index in [1.165, 1.54) is 0 Å². The van der Waals surface area contributed by atoms with Crippen molar-refractivity contribution in [3.8, 4) is 11.4 Å². The second kappa shape index (κ2) is 9.99. The topological polar surface area (TPSA) is 77.2 Å². The van der Waals surface area contributed by atoms with Crippen LogP contribution in [-0.2, 0) is 16.0 Å². The van der Waals surface area contributed by atoms with Crippen LogP contribution in [0, 0.1) is 0 Å². The van der Waals surface area contributed by atoms with Gasteiger partial charge in [-0.3, -0.25) is 4.79 Å². The average molecular weight is 385 g/mol. The SMILES string of the molecule is CC(OCCCNC(=O)CCc1nc(-c2ccsc2)no1)c1ccccc1. The van der Waals surface area contributed by atoms with Gasteiger partial charge in [0.05, 0.1) is 6.10 Å². The van der Waals surface area contributed by atoms with Gasteiger partial charge in [-0.25, -0.2) is 0 Å². The molecule has 6 nitrogen and oxygen atoms in total. The van der Waals surface area contributed by atoms with Crippen molar-refractivity contribution < 1.29 is 14.1 Å². The highest BCUT2D eigenvalue weighted by Crippen LogP contribution is 2.19. The van der Waals surface area contributed by atoms with E-state index in [4.69, 9.17) is 9.26 Å². The van der Waals surface area contributed by atoms with E-state index in [9.17, 15) is 4.79 Å².